The first-order valence-electron chi connectivity index (χ1n) is 8.17. The van der Waals surface area contributed by atoms with Crippen LogP contribution in [0.15, 0.2) is 47.5 Å². The maximum absolute atomic E-state index is 13.7. The lowest BCUT2D eigenvalue weighted by Crippen LogP contribution is -2.25. The Bertz CT molecular complexity index is 699. The van der Waals surface area contributed by atoms with E-state index in [2.05, 4.69) is 24.2 Å². The number of rotatable bonds is 6. The van der Waals surface area contributed by atoms with Gasteiger partial charge in [0.2, 0.25) is 0 Å². The van der Waals surface area contributed by atoms with Crippen molar-refractivity contribution < 1.29 is 9.50 Å². The van der Waals surface area contributed by atoms with E-state index >= 15 is 0 Å². The lowest BCUT2D eigenvalue weighted by atomic mass is 10.0. The molecule has 1 atom stereocenters. The zero-order valence-electron chi connectivity index (χ0n) is 14.5. The van der Waals surface area contributed by atoms with Crippen LogP contribution < -0.4 is 11.1 Å². The van der Waals surface area contributed by atoms with Crippen LogP contribution in [0.4, 0.5) is 10.1 Å². The number of aryl methyl sites for hydroxylation is 2. The Morgan fingerprint density at radius 1 is 1.12 bits per heavy atom. The predicted octanol–water partition coefficient (Wildman–Crippen LogP) is 4.03. The standard InChI is InChI=1S/C19H24FN3O.HI/c1-3-13-8-7-9-14(4-2)18(13)23-19(21)22-12-17(24)15-10-5-6-11-16(15)20;/h5-11,17,24H,3-4,12H2,1-2H3,(H3,21,22,23);1H. The van der Waals surface area contributed by atoms with Crippen LogP contribution in [0.3, 0.4) is 0 Å². The number of benzene rings is 2. The van der Waals surface area contributed by atoms with E-state index in [9.17, 15) is 9.50 Å². The lowest BCUT2D eigenvalue weighted by molar-refractivity contribution is 0.182. The van der Waals surface area contributed by atoms with Crippen molar-refractivity contribution in [3.8, 4) is 0 Å². The monoisotopic (exact) mass is 457 g/mol. The largest absolute Gasteiger partial charge is 0.386 e. The summed E-state index contributed by atoms with van der Waals surface area (Å²) in [5.74, 6) is -0.239. The van der Waals surface area contributed by atoms with Crippen molar-refractivity contribution in [2.24, 2.45) is 10.7 Å². The molecule has 6 heteroatoms. The second-order valence-electron chi connectivity index (χ2n) is 5.55. The molecule has 0 aliphatic carbocycles. The number of aliphatic hydroxyl groups is 1. The molecule has 0 saturated carbocycles. The third-order valence-corrected chi connectivity index (χ3v) is 3.95. The van der Waals surface area contributed by atoms with E-state index in [0.29, 0.717) is 0 Å². The highest BCUT2D eigenvalue weighted by molar-refractivity contribution is 14.0. The number of guanidine groups is 1. The zero-order chi connectivity index (χ0) is 17.5. The number of hydrogen-bond donors (Lipinski definition) is 3. The van der Waals surface area contributed by atoms with E-state index in [1.807, 2.05) is 18.2 Å². The summed E-state index contributed by atoms with van der Waals surface area (Å²) in [5, 5.41) is 13.2. The van der Waals surface area contributed by atoms with Gasteiger partial charge in [0.25, 0.3) is 0 Å². The fourth-order valence-electron chi connectivity index (χ4n) is 2.60. The summed E-state index contributed by atoms with van der Waals surface area (Å²) in [6.07, 6.45) is 0.724. The fraction of sp³-hybridized carbons (Fsp3) is 0.316. The van der Waals surface area contributed by atoms with Crippen LogP contribution in [0.1, 0.15) is 36.6 Å². The van der Waals surface area contributed by atoms with Crippen molar-refractivity contribution in [1.82, 2.24) is 0 Å². The summed E-state index contributed by atoms with van der Waals surface area (Å²) in [4.78, 5) is 4.15. The molecule has 0 amide bonds. The Morgan fingerprint density at radius 3 is 2.28 bits per heavy atom. The molecule has 136 valence electrons. The van der Waals surface area contributed by atoms with Gasteiger partial charge in [-0.3, -0.25) is 4.99 Å². The first-order chi connectivity index (χ1) is 11.6. The third-order valence-electron chi connectivity index (χ3n) is 3.95. The molecule has 0 fully saturated rings. The molecule has 4 N–H and O–H groups in total. The molecule has 25 heavy (non-hydrogen) atoms. The first kappa shape index (κ1) is 21.4. The van der Waals surface area contributed by atoms with E-state index in [-0.39, 0.29) is 42.0 Å². The molecular formula is C19H25FIN3O. The van der Waals surface area contributed by atoms with Crippen molar-refractivity contribution in [2.45, 2.75) is 32.8 Å². The number of halogens is 2. The molecule has 0 heterocycles. The van der Waals surface area contributed by atoms with Gasteiger partial charge in [-0.05, 0) is 30.0 Å². The molecule has 2 rings (SSSR count). The maximum Gasteiger partial charge on any atom is 0.193 e. The van der Waals surface area contributed by atoms with Gasteiger partial charge in [0, 0.05) is 11.3 Å². The summed E-state index contributed by atoms with van der Waals surface area (Å²) in [6.45, 7) is 4.15. The van der Waals surface area contributed by atoms with Gasteiger partial charge in [-0.1, -0.05) is 50.2 Å². The Balaban J connectivity index is 0.00000312. The van der Waals surface area contributed by atoms with Gasteiger partial charge in [-0.15, -0.1) is 24.0 Å². The van der Waals surface area contributed by atoms with Gasteiger partial charge >= 0.3 is 0 Å². The normalized spacial score (nSPS) is 12.4. The van der Waals surface area contributed by atoms with Crippen LogP contribution in [0.5, 0.6) is 0 Å². The first-order valence-corrected chi connectivity index (χ1v) is 8.17. The second-order valence-corrected chi connectivity index (χ2v) is 5.55. The molecule has 2 aromatic carbocycles. The summed E-state index contributed by atoms with van der Waals surface area (Å²) < 4.78 is 13.7. The van der Waals surface area contributed by atoms with Gasteiger partial charge in [0.15, 0.2) is 5.96 Å². The van der Waals surface area contributed by atoms with Gasteiger partial charge in [0.05, 0.1) is 6.54 Å². The van der Waals surface area contributed by atoms with E-state index in [4.69, 9.17) is 5.73 Å². The van der Waals surface area contributed by atoms with E-state index < -0.39 is 11.9 Å². The highest BCUT2D eigenvalue weighted by Gasteiger charge is 2.12. The Morgan fingerprint density at radius 2 is 1.72 bits per heavy atom. The van der Waals surface area contributed by atoms with Crippen LogP contribution in [-0.4, -0.2) is 17.6 Å². The highest BCUT2D eigenvalue weighted by Crippen LogP contribution is 2.22. The van der Waals surface area contributed by atoms with Gasteiger partial charge < -0.3 is 16.2 Å². The summed E-state index contributed by atoms with van der Waals surface area (Å²) in [6, 6.07) is 12.2. The van der Waals surface area contributed by atoms with E-state index in [1.165, 1.54) is 6.07 Å². The predicted molar refractivity (Wildman–Crippen MR) is 112 cm³/mol. The molecule has 0 aliphatic rings. The van der Waals surface area contributed by atoms with Crippen molar-refractivity contribution >= 4 is 35.6 Å². The van der Waals surface area contributed by atoms with Gasteiger partial charge in [-0.2, -0.15) is 0 Å². The van der Waals surface area contributed by atoms with Crippen LogP contribution >= 0.6 is 24.0 Å². The van der Waals surface area contributed by atoms with Crippen LogP contribution in [-0.2, 0) is 12.8 Å². The minimum absolute atomic E-state index is 0. The number of aliphatic hydroxyl groups excluding tert-OH is 1. The number of anilines is 1. The summed E-state index contributed by atoms with van der Waals surface area (Å²) in [7, 11) is 0. The van der Waals surface area contributed by atoms with Crippen LogP contribution in [0, 0.1) is 5.82 Å². The Kier molecular flexibility index (Phi) is 8.85. The van der Waals surface area contributed by atoms with Crippen molar-refractivity contribution in [1.29, 1.82) is 0 Å². The lowest BCUT2D eigenvalue weighted by Gasteiger charge is -2.15. The van der Waals surface area contributed by atoms with Crippen LogP contribution in [0.2, 0.25) is 0 Å². The molecule has 0 spiro atoms. The minimum atomic E-state index is -1.03. The molecule has 0 aliphatic heterocycles. The minimum Gasteiger partial charge on any atom is -0.386 e. The van der Waals surface area contributed by atoms with E-state index in [1.54, 1.807) is 18.2 Å². The average Bonchev–Trinajstić information content (AvgIpc) is 2.60. The van der Waals surface area contributed by atoms with E-state index in [0.717, 1.165) is 29.7 Å². The molecule has 2 aromatic rings. The molecule has 0 radical (unpaired) electrons. The van der Waals surface area contributed by atoms with Gasteiger partial charge in [-0.25, -0.2) is 4.39 Å². The maximum atomic E-state index is 13.7. The number of aliphatic imine (C=N–C) groups is 1. The van der Waals surface area contributed by atoms with Gasteiger partial charge in [0.1, 0.15) is 11.9 Å². The number of nitrogens with zero attached hydrogens (tertiary/aromatic N) is 1. The molecule has 1 unspecified atom stereocenters. The molecular weight excluding hydrogens is 432 g/mol. The number of hydrogen-bond acceptors (Lipinski definition) is 2. The summed E-state index contributed by atoms with van der Waals surface area (Å²) >= 11 is 0. The topological polar surface area (TPSA) is 70.6 Å². The second kappa shape index (κ2) is 10.4. The van der Waals surface area contributed by atoms with Crippen molar-refractivity contribution in [3.05, 3.63) is 65.0 Å². The number of nitrogens with one attached hydrogen (secondary N) is 1. The van der Waals surface area contributed by atoms with Crippen molar-refractivity contribution in [3.63, 3.8) is 0 Å². The Labute approximate surface area is 165 Å². The molecule has 4 nitrogen and oxygen atoms in total. The average molecular weight is 457 g/mol. The van der Waals surface area contributed by atoms with Crippen molar-refractivity contribution in [2.75, 3.05) is 11.9 Å². The smallest absolute Gasteiger partial charge is 0.193 e. The quantitative estimate of drug-likeness (QED) is 0.349. The third kappa shape index (κ3) is 5.67. The summed E-state index contributed by atoms with van der Waals surface area (Å²) in [5.41, 5.74) is 9.44. The SMILES string of the molecule is CCc1cccc(CC)c1NC(N)=NCC(O)c1ccccc1F.I. The number of para-hydroxylation sites is 1. The number of nitrogens with two attached hydrogens (primary N) is 1. The zero-order valence-corrected chi connectivity index (χ0v) is 16.8. The Hall–Kier alpha value is -1.67. The molecule has 0 saturated heterocycles. The highest BCUT2D eigenvalue weighted by atomic mass is 127. The molecule has 0 bridgehead atoms. The van der Waals surface area contributed by atoms with Crippen LogP contribution in [0.25, 0.3) is 0 Å². The molecule has 0 aromatic heterocycles. The fourth-order valence-corrected chi connectivity index (χ4v) is 2.60.